The summed E-state index contributed by atoms with van der Waals surface area (Å²) < 4.78 is 3.57. The van der Waals surface area contributed by atoms with E-state index in [0.717, 1.165) is 118 Å². The lowest BCUT2D eigenvalue weighted by Gasteiger charge is -2.39. The van der Waals surface area contributed by atoms with Gasteiger partial charge in [-0.3, -0.25) is 34.5 Å². The van der Waals surface area contributed by atoms with Crippen molar-refractivity contribution < 1.29 is 24.3 Å². The molecule has 4 bridgehead atoms. The Morgan fingerprint density at radius 3 is 1.45 bits per heavy atom. The lowest BCUT2D eigenvalue weighted by Crippen LogP contribution is -2.46. The molecule has 6 aliphatic heterocycles. The number of nitrogens with one attached hydrogen (secondary N) is 5. The molecule has 4 fully saturated rings. The number of carboxylic acids is 1. The largest absolute Gasteiger partial charge is 0.475 e. The Morgan fingerprint density at radius 1 is 0.530 bits per heavy atom. The van der Waals surface area contributed by atoms with Gasteiger partial charge in [0.05, 0.1) is 46.3 Å². The van der Waals surface area contributed by atoms with Crippen LogP contribution in [0.5, 0.6) is 0 Å². The predicted molar refractivity (Wildman–Crippen MR) is 305 cm³/mol. The highest BCUT2D eigenvalue weighted by Crippen LogP contribution is 2.46. The van der Waals surface area contributed by atoms with Crippen LogP contribution in [-0.4, -0.2) is 140 Å². The summed E-state index contributed by atoms with van der Waals surface area (Å²) in [5.41, 5.74) is 12.3. The molecule has 6 aliphatic rings. The number of aromatic carboxylic acids is 1. The van der Waals surface area contributed by atoms with Crippen LogP contribution in [0.3, 0.4) is 0 Å². The smallest absolute Gasteiger partial charge is 0.373 e. The number of Topliss-reactive ketones (excluding diaryl/α,β-unsaturated/α-hetero) is 2. The second-order valence-electron chi connectivity index (χ2n) is 21.9. The number of fused-ring (bicyclic) bond motifs is 10. The number of H-pyrrole nitrogens is 2. The first-order valence-electron chi connectivity index (χ1n) is 28.1. The maximum atomic E-state index is 13.3. The lowest BCUT2D eigenvalue weighted by molar-refractivity contribution is 0.0555. The van der Waals surface area contributed by atoms with E-state index in [9.17, 15) is 19.2 Å². The summed E-state index contributed by atoms with van der Waals surface area (Å²) in [6.45, 7) is 1.19. The van der Waals surface area contributed by atoms with Crippen molar-refractivity contribution in [1.82, 2.24) is 79.7 Å². The second-order valence-corrected chi connectivity index (χ2v) is 21.9. The van der Waals surface area contributed by atoms with E-state index in [1.807, 2.05) is 94.7 Å². The van der Waals surface area contributed by atoms with Crippen LogP contribution >= 0.6 is 0 Å². The van der Waals surface area contributed by atoms with Crippen LogP contribution in [-0.2, 0) is 0 Å². The molecule has 4 atom stereocenters. The number of hydrogen-bond acceptors (Lipinski definition) is 17. The van der Waals surface area contributed by atoms with Gasteiger partial charge in [-0.1, -0.05) is 72.8 Å². The number of benzene rings is 2. The fraction of sp³-hybridized carbons (Fsp3) is 0.300. The maximum absolute atomic E-state index is 13.3. The van der Waals surface area contributed by atoms with Gasteiger partial charge in [-0.25, -0.2) is 24.7 Å². The van der Waals surface area contributed by atoms with Crippen molar-refractivity contribution in [2.24, 2.45) is 0 Å². The topological polar surface area (TPSA) is 297 Å². The summed E-state index contributed by atoms with van der Waals surface area (Å²) in [5, 5.41) is 40.1. The Labute approximate surface area is 473 Å². The SMILES string of the molecule is O=C(O)c1ncn[nH]1.O=C1CCNc2c1c(C1CC3CCC(C1)N3)nc1c(-c3ccc(-c4ccccc4)nc3)cnn21.O=C1CCNc2c1c(C1CC3CCC(C1)N3C(=O)c1ncn[nH]1)nc1c(-c3ccc(-c4ccccc4)nc3)cnn21. The number of rotatable bonds is 8. The van der Waals surface area contributed by atoms with Gasteiger partial charge in [0.1, 0.15) is 24.3 Å². The van der Waals surface area contributed by atoms with Crippen molar-refractivity contribution in [3.63, 3.8) is 0 Å². The molecule has 8 aromatic heterocycles. The van der Waals surface area contributed by atoms with E-state index in [4.69, 9.17) is 25.0 Å². The highest BCUT2D eigenvalue weighted by Gasteiger charge is 2.46. The molecule has 1 amide bonds. The van der Waals surface area contributed by atoms with Crippen LogP contribution in [0, 0.1) is 0 Å². The summed E-state index contributed by atoms with van der Waals surface area (Å²) in [6, 6.07) is 29.6. The molecule has 10 aromatic rings. The van der Waals surface area contributed by atoms with Crippen LogP contribution in [0.2, 0.25) is 0 Å². The van der Waals surface area contributed by atoms with Gasteiger partial charge in [0.15, 0.2) is 22.9 Å². The molecule has 416 valence electrons. The fourth-order valence-electron chi connectivity index (χ4n) is 13.2. The molecule has 4 unspecified atom stereocenters. The number of amides is 1. The van der Waals surface area contributed by atoms with Crippen molar-refractivity contribution in [2.45, 2.75) is 100 Å². The minimum absolute atomic E-state index is 0.0511. The quantitative estimate of drug-likeness (QED) is 0.0837. The zero-order valence-electron chi connectivity index (χ0n) is 44.9. The molecule has 0 spiro atoms. The Balaban J connectivity index is 0.000000132. The van der Waals surface area contributed by atoms with Crippen molar-refractivity contribution in [2.75, 3.05) is 23.7 Å². The van der Waals surface area contributed by atoms with Crippen molar-refractivity contribution in [1.29, 1.82) is 0 Å². The van der Waals surface area contributed by atoms with Gasteiger partial charge in [-0.05, 0) is 63.5 Å². The first kappa shape index (κ1) is 51.3. The first-order valence-corrected chi connectivity index (χ1v) is 28.1. The van der Waals surface area contributed by atoms with Crippen LogP contribution < -0.4 is 16.0 Å². The van der Waals surface area contributed by atoms with Gasteiger partial charge in [0.2, 0.25) is 11.6 Å². The molecule has 23 heteroatoms. The third-order valence-corrected chi connectivity index (χ3v) is 16.9. The molecule has 14 heterocycles. The third kappa shape index (κ3) is 9.60. The third-order valence-electron chi connectivity index (χ3n) is 16.9. The summed E-state index contributed by atoms with van der Waals surface area (Å²) in [7, 11) is 0. The predicted octanol–water partition coefficient (Wildman–Crippen LogP) is 8.08. The molecule has 2 aromatic carbocycles. The normalized spacial score (nSPS) is 21.2. The standard InChI is InChI=1S/C30H27N9O2.C27H26N6O.C3H3N3O2/c40-24-10-11-31-29-25(24)26(19-12-20-7-8-21(13-19)38(20)30(41)27-33-16-34-37-27)36-28-22(15-35-39(28)29)18-6-9-23(32-14-18)17-4-2-1-3-5-17;34-23-10-11-28-27-24(23)25(18-12-19-7-8-20(13-18)31-19)32-26-21(15-30-33(26)27)17-6-9-22(29-14-17)16-4-2-1-3-5-16;7-3(8)2-4-1-5-6-2/h1-6,9,14-16,19-21,31H,7-8,10-13H2,(H,33,34,37);1-6,9,14-15,18-20,28,31H,7-8,10-13H2;1H,(H,7,8)(H,4,5,6). The summed E-state index contributed by atoms with van der Waals surface area (Å²) >= 11 is 0. The highest BCUT2D eigenvalue weighted by molar-refractivity contribution is 6.05. The fourth-order valence-corrected chi connectivity index (χ4v) is 13.2. The van der Waals surface area contributed by atoms with Crippen molar-refractivity contribution >= 4 is 46.4 Å². The summed E-state index contributed by atoms with van der Waals surface area (Å²) in [4.78, 5) is 78.7. The molecular weight excluding hydrogens is 1050 g/mol. The molecule has 0 aliphatic carbocycles. The van der Waals surface area contributed by atoms with E-state index < -0.39 is 5.97 Å². The minimum Gasteiger partial charge on any atom is -0.475 e. The number of carboxylic acid groups (broad SMARTS) is 1. The monoisotopic (exact) mass is 1110 g/mol. The zero-order chi connectivity index (χ0) is 56.1. The zero-order valence-corrected chi connectivity index (χ0v) is 44.9. The van der Waals surface area contributed by atoms with Gasteiger partial charge >= 0.3 is 5.97 Å². The number of aromatic amines is 2. The van der Waals surface area contributed by atoms with E-state index in [-0.39, 0.29) is 47.1 Å². The number of anilines is 2. The number of carbonyl (C=O) groups excluding carboxylic acids is 3. The average molecular weight is 1110 g/mol. The Kier molecular flexibility index (Phi) is 13.3. The highest BCUT2D eigenvalue weighted by atomic mass is 16.4. The number of piperidine rings is 2. The number of aromatic nitrogens is 14. The Bertz CT molecular complexity index is 4030. The number of nitrogens with zero attached hydrogens (tertiary/aromatic N) is 13. The number of ketones is 2. The minimum atomic E-state index is -1.09. The van der Waals surface area contributed by atoms with Crippen molar-refractivity contribution in [3.05, 3.63) is 157 Å². The van der Waals surface area contributed by atoms with Crippen LogP contribution in [0.1, 0.15) is 129 Å². The number of carbonyl (C=O) groups is 4. The van der Waals surface area contributed by atoms with Crippen molar-refractivity contribution in [3.8, 4) is 44.8 Å². The number of hydrogen-bond donors (Lipinski definition) is 6. The van der Waals surface area contributed by atoms with Gasteiger partial charge in [0.25, 0.3) is 5.91 Å². The lowest BCUT2D eigenvalue weighted by atomic mass is 9.84. The molecule has 0 saturated carbocycles. The molecule has 16 rings (SSSR count). The molecule has 6 N–H and O–H groups in total. The molecular formula is C60H56N18O5. The first-order chi connectivity index (χ1) is 40.7. The van der Waals surface area contributed by atoms with E-state index in [1.54, 1.807) is 10.7 Å². The van der Waals surface area contributed by atoms with E-state index >= 15 is 0 Å². The van der Waals surface area contributed by atoms with Gasteiger partial charge in [-0.15, -0.1) is 0 Å². The molecule has 4 saturated heterocycles. The van der Waals surface area contributed by atoms with Gasteiger partial charge in [-0.2, -0.15) is 29.4 Å². The van der Waals surface area contributed by atoms with Gasteiger partial charge in [0, 0.05) is 108 Å². The number of pyridine rings is 2. The van der Waals surface area contributed by atoms with Crippen LogP contribution in [0.15, 0.2) is 122 Å². The van der Waals surface area contributed by atoms with E-state index in [2.05, 4.69) is 74.7 Å². The Morgan fingerprint density at radius 2 is 1.01 bits per heavy atom. The van der Waals surface area contributed by atoms with Crippen LogP contribution in [0.25, 0.3) is 56.1 Å². The summed E-state index contributed by atoms with van der Waals surface area (Å²) in [5.74, 6) is 1.03. The molecule has 83 heavy (non-hydrogen) atoms. The second kappa shape index (κ2) is 21.5. The van der Waals surface area contributed by atoms with Crippen LogP contribution in [0.4, 0.5) is 11.6 Å². The average Bonchev–Trinajstić information content (AvgIpc) is 3.55. The van der Waals surface area contributed by atoms with E-state index in [1.165, 1.54) is 19.2 Å². The maximum Gasteiger partial charge on any atom is 0.373 e. The molecule has 23 nitrogen and oxygen atoms in total. The molecule has 0 radical (unpaired) electrons. The van der Waals surface area contributed by atoms with Gasteiger partial charge < -0.3 is 26.0 Å². The summed E-state index contributed by atoms with van der Waals surface area (Å²) in [6.07, 6.45) is 18.7. The Hall–Kier alpha value is -9.90. The van der Waals surface area contributed by atoms with E-state index in [0.29, 0.717) is 61.0 Å².